The number of hydrogen-bond donors (Lipinski definition) is 2. The van der Waals surface area contributed by atoms with Crippen molar-refractivity contribution in [3.05, 3.63) is 71.3 Å². The minimum absolute atomic E-state index is 0.202. The van der Waals surface area contributed by atoms with Crippen LogP contribution >= 0.6 is 0 Å². The summed E-state index contributed by atoms with van der Waals surface area (Å²) in [5, 5.41) is 12.1. The molecule has 0 heterocycles. The summed E-state index contributed by atoms with van der Waals surface area (Å²) in [7, 11) is 0. The van der Waals surface area contributed by atoms with Gasteiger partial charge in [-0.3, -0.25) is 4.79 Å². The summed E-state index contributed by atoms with van der Waals surface area (Å²) < 4.78 is 0. The second kappa shape index (κ2) is 7.30. The lowest BCUT2D eigenvalue weighted by atomic mass is 9.83. The maximum atomic E-state index is 12.6. The van der Waals surface area contributed by atoms with Crippen molar-refractivity contribution in [1.29, 1.82) is 0 Å². The molecule has 2 aromatic carbocycles. The number of amides is 1. The van der Waals surface area contributed by atoms with Gasteiger partial charge in [0.15, 0.2) is 0 Å². The number of benzene rings is 2. The van der Waals surface area contributed by atoms with Crippen LogP contribution in [0.3, 0.4) is 0 Å². The summed E-state index contributed by atoms with van der Waals surface area (Å²) in [5.41, 5.74) is 2.08. The van der Waals surface area contributed by atoms with Gasteiger partial charge in [-0.1, -0.05) is 69.3 Å². The van der Waals surface area contributed by atoms with E-state index in [1.807, 2.05) is 63.2 Å². The monoisotopic (exact) mass is 325 g/mol. The smallest absolute Gasteiger partial charge is 0.326 e. The molecule has 1 unspecified atom stereocenters. The molecule has 24 heavy (non-hydrogen) atoms. The van der Waals surface area contributed by atoms with Crippen molar-refractivity contribution in [2.45, 2.75) is 38.6 Å². The lowest BCUT2D eigenvalue weighted by Crippen LogP contribution is -2.43. The molecule has 1 atom stereocenters. The van der Waals surface area contributed by atoms with E-state index in [-0.39, 0.29) is 17.7 Å². The molecule has 0 spiro atoms. The van der Waals surface area contributed by atoms with E-state index in [2.05, 4.69) is 5.32 Å². The first kappa shape index (κ1) is 17.7. The Morgan fingerprint density at radius 3 is 2.17 bits per heavy atom. The molecule has 0 aliphatic rings. The Bertz CT molecular complexity index is 717. The van der Waals surface area contributed by atoms with E-state index in [9.17, 15) is 14.7 Å². The van der Waals surface area contributed by atoms with Gasteiger partial charge in [-0.05, 0) is 22.6 Å². The Kier molecular flexibility index (Phi) is 5.39. The van der Waals surface area contributed by atoms with Gasteiger partial charge in [0.2, 0.25) is 0 Å². The predicted molar refractivity (Wildman–Crippen MR) is 94.2 cm³/mol. The molecule has 1 amide bonds. The summed E-state index contributed by atoms with van der Waals surface area (Å²) in [6.07, 6.45) is 0.250. The quantitative estimate of drug-likeness (QED) is 0.885. The molecule has 0 aliphatic carbocycles. The molecule has 0 radical (unpaired) electrons. The summed E-state index contributed by atoms with van der Waals surface area (Å²) in [5.74, 6) is -1.40. The van der Waals surface area contributed by atoms with Crippen molar-refractivity contribution >= 4 is 11.9 Å². The highest BCUT2D eigenvalue weighted by Gasteiger charge is 2.25. The highest BCUT2D eigenvalue weighted by atomic mass is 16.4. The number of carbonyl (C=O) groups is 2. The molecule has 4 heteroatoms. The molecule has 0 saturated carbocycles. The maximum absolute atomic E-state index is 12.6. The van der Waals surface area contributed by atoms with Crippen LogP contribution in [0.4, 0.5) is 0 Å². The first-order valence-electron chi connectivity index (χ1n) is 7.96. The minimum Gasteiger partial charge on any atom is -0.480 e. The van der Waals surface area contributed by atoms with Gasteiger partial charge in [-0.2, -0.15) is 0 Å². The third kappa shape index (κ3) is 4.44. The minimum atomic E-state index is -1.04. The van der Waals surface area contributed by atoms with Gasteiger partial charge in [-0.25, -0.2) is 4.79 Å². The number of carboxylic acid groups (broad SMARTS) is 1. The van der Waals surface area contributed by atoms with Gasteiger partial charge in [0.05, 0.1) is 0 Å². The Morgan fingerprint density at radius 2 is 1.58 bits per heavy atom. The molecule has 2 aromatic rings. The fourth-order valence-corrected chi connectivity index (χ4v) is 2.62. The van der Waals surface area contributed by atoms with E-state index in [0.717, 1.165) is 11.1 Å². The van der Waals surface area contributed by atoms with Gasteiger partial charge in [0.25, 0.3) is 5.91 Å². The third-order valence-corrected chi connectivity index (χ3v) is 3.87. The van der Waals surface area contributed by atoms with Gasteiger partial charge in [0, 0.05) is 12.0 Å². The van der Waals surface area contributed by atoms with Crippen molar-refractivity contribution in [3.63, 3.8) is 0 Å². The first-order chi connectivity index (χ1) is 11.3. The zero-order valence-corrected chi connectivity index (χ0v) is 14.2. The third-order valence-electron chi connectivity index (χ3n) is 3.87. The zero-order valence-electron chi connectivity index (χ0n) is 14.2. The van der Waals surface area contributed by atoms with Gasteiger partial charge in [0.1, 0.15) is 6.04 Å². The fourth-order valence-electron chi connectivity index (χ4n) is 2.62. The van der Waals surface area contributed by atoms with Crippen molar-refractivity contribution in [2.24, 2.45) is 0 Å². The molecule has 2 rings (SSSR count). The van der Waals surface area contributed by atoms with Crippen LogP contribution in [0.1, 0.15) is 42.3 Å². The van der Waals surface area contributed by atoms with Crippen LogP contribution < -0.4 is 5.32 Å². The molecule has 0 aliphatic heterocycles. The second-order valence-electron chi connectivity index (χ2n) is 6.85. The van der Waals surface area contributed by atoms with Gasteiger partial charge >= 0.3 is 5.97 Å². The summed E-state index contributed by atoms with van der Waals surface area (Å²) in [4.78, 5) is 24.2. The van der Waals surface area contributed by atoms with Crippen LogP contribution in [0.25, 0.3) is 0 Å². The molecule has 0 saturated heterocycles. The molecule has 2 N–H and O–H groups in total. The maximum Gasteiger partial charge on any atom is 0.326 e. The Balaban J connectivity index is 2.22. The SMILES string of the molecule is CC(C)(C)c1ccccc1C(=O)NC(Cc1ccccc1)C(=O)O. The normalized spacial score (nSPS) is 12.5. The van der Waals surface area contributed by atoms with E-state index in [1.165, 1.54) is 0 Å². The second-order valence-corrected chi connectivity index (χ2v) is 6.85. The highest BCUT2D eigenvalue weighted by molar-refractivity contribution is 5.98. The van der Waals surface area contributed by atoms with Crippen LogP contribution in [0.5, 0.6) is 0 Å². The number of nitrogens with one attached hydrogen (secondary N) is 1. The Labute approximate surface area is 142 Å². The number of rotatable bonds is 5. The number of carbonyl (C=O) groups excluding carboxylic acids is 1. The zero-order chi connectivity index (χ0) is 17.7. The largest absolute Gasteiger partial charge is 0.480 e. The van der Waals surface area contributed by atoms with E-state index in [0.29, 0.717) is 5.56 Å². The van der Waals surface area contributed by atoms with Gasteiger partial charge in [-0.15, -0.1) is 0 Å². The van der Waals surface area contributed by atoms with Crippen LogP contribution in [-0.4, -0.2) is 23.0 Å². The molecule has 4 nitrogen and oxygen atoms in total. The van der Waals surface area contributed by atoms with E-state index >= 15 is 0 Å². The number of aliphatic carboxylic acids is 1. The fraction of sp³-hybridized carbons (Fsp3) is 0.300. The average molecular weight is 325 g/mol. The topological polar surface area (TPSA) is 66.4 Å². The summed E-state index contributed by atoms with van der Waals surface area (Å²) in [6, 6.07) is 15.6. The van der Waals surface area contributed by atoms with E-state index in [1.54, 1.807) is 12.1 Å². The Hall–Kier alpha value is -2.62. The van der Waals surface area contributed by atoms with Crippen molar-refractivity contribution in [2.75, 3.05) is 0 Å². The molecule has 126 valence electrons. The van der Waals surface area contributed by atoms with E-state index in [4.69, 9.17) is 0 Å². The van der Waals surface area contributed by atoms with Gasteiger partial charge < -0.3 is 10.4 Å². The molecular weight excluding hydrogens is 302 g/mol. The number of hydrogen-bond acceptors (Lipinski definition) is 2. The first-order valence-corrected chi connectivity index (χ1v) is 7.96. The average Bonchev–Trinajstić information content (AvgIpc) is 2.54. The van der Waals surface area contributed by atoms with Crippen LogP contribution in [-0.2, 0) is 16.6 Å². The van der Waals surface area contributed by atoms with E-state index < -0.39 is 12.0 Å². The lowest BCUT2D eigenvalue weighted by molar-refractivity contribution is -0.139. The van der Waals surface area contributed by atoms with Crippen molar-refractivity contribution < 1.29 is 14.7 Å². The van der Waals surface area contributed by atoms with Crippen LogP contribution in [0, 0.1) is 0 Å². The standard InChI is InChI=1S/C20H23NO3/c1-20(2,3)16-12-8-7-11-15(16)18(22)21-17(19(23)24)13-14-9-5-4-6-10-14/h4-12,17H,13H2,1-3H3,(H,21,22)(H,23,24). The number of carboxylic acids is 1. The summed E-state index contributed by atoms with van der Waals surface area (Å²) >= 11 is 0. The Morgan fingerprint density at radius 1 is 1.00 bits per heavy atom. The highest BCUT2D eigenvalue weighted by Crippen LogP contribution is 2.25. The molecule has 0 fully saturated rings. The van der Waals surface area contributed by atoms with Crippen molar-refractivity contribution in [3.8, 4) is 0 Å². The van der Waals surface area contributed by atoms with Crippen LogP contribution in [0.2, 0.25) is 0 Å². The predicted octanol–water partition coefficient (Wildman–Crippen LogP) is 3.41. The van der Waals surface area contributed by atoms with Crippen molar-refractivity contribution in [1.82, 2.24) is 5.32 Å². The molecule has 0 aromatic heterocycles. The van der Waals surface area contributed by atoms with Crippen LogP contribution in [0.15, 0.2) is 54.6 Å². The summed E-state index contributed by atoms with van der Waals surface area (Å²) in [6.45, 7) is 6.08. The molecule has 0 bridgehead atoms. The molecular formula is C20H23NO3. The lowest BCUT2D eigenvalue weighted by Gasteiger charge is -2.23.